The van der Waals surface area contributed by atoms with Gasteiger partial charge in [0.15, 0.2) is 0 Å². The van der Waals surface area contributed by atoms with Crippen LogP contribution < -0.4 is 5.32 Å². The first-order valence-corrected chi connectivity index (χ1v) is 4.96. The standard InChI is InChI=1S/C9H19NO4/c11-4-9(5-12,6-13)10-7-2-1-3-8(7)14/h7-8,10-14H,1-6H2. The van der Waals surface area contributed by atoms with Crippen molar-refractivity contribution in [2.24, 2.45) is 0 Å². The van der Waals surface area contributed by atoms with Gasteiger partial charge in [0.2, 0.25) is 0 Å². The zero-order valence-electron chi connectivity index (χ0n) is 8.19. The van der Waals surface area contributed by atoms with Crippen LogP contribution in [-0.2, 0) is 0 Å². The van der Waals surface area contributed by atoms with Gasteiger partial charge in [0.25, 0.3) is 0 Å². The summed E-state index contributed by atoms with van der Waals surface area (Å²) in [5.41, 5.74) is -1.07. The topological polar surface area (TPSA) is 93.0 Å². The van der Waals surface area contributed by atoms with Gasteiger partial charge in [-0.3, -0.25) is 5.32 Å². The zero-order valence-corrected chi connectivity index (χ0v) is 8.19. The summed E-state index contributed by atoms with van der Waals surface area (Å²) in [6.07, 6.45) is 2.02. The van der Waals surface area contributed by atoms with E-state index in [2.05, 4.69) is 5.32 Å². The first-order chi connectivity index (χ1) is 6.67. The van der Waals surface area contributed by atoms with Crippen LogP contribution in [0.25, 0.3) is 0 Å². The van der Waals surface area contributed by atoms with Crippen LogP contribution in [0.1, 0.15) is 19.3 Å². The van der Waals surface area contributed by atoms with Gasteiger partial charge in [-0.2, -0.15) is 0 Å². The van der Waals surface area contributed by atoms with E-state index in [1.807, 2.05) is 0 Å². The van der Waals surface area contributed by atoms with Crippen LogP contribution in [0, 0.1) is 0 Å². The maximum atomic E-state index is 9.53. The van der Waals surface area contributed by atoms with Crippen LogP contribution in [0.4, 0.5) is 0 Å². The zero-order chi connectivity index (χ0) is 10.6. The van der Waals surface area contributed by atoms with E-state index in [0.717, 1.165) is 19.3 Å². The Balaban J connectivity index is 2.54. The Hall–Kier alpha value is -0.200. The summed E-state index contributed by atoms with van der Waals surface area (Å²) in [6, 6.07) is -0.138. The smallest absolute Gasteiger partial charge is 0.0884 e. The van der Waals surface area contributed by atoms with Crippen LogP contribution >= 0.6 is 0 Å². The van der Waals surface area contributed by atoms with E-state index in [1.165, 1.54) is 0 Å². The monoisotopic (exact) mass is 205 g/mol. The average Bonchev–Trinajstić information content (AvgIpc) is 2.61. The highest BCUT2D eigenvalue weighted by atomic mass is 16.3. The lowest BCUT2D eigenvalue weighted by atomic mass is 10.0. The lowest BCUT2D eigenvalue weighted by Gasteiger charge is -2.33. The van der Waals surface area contributed by atoms with E-state index in [4.69, 9.17) is 15.3 Å². The average molecular weight is 205 g/mol. The van der Waals surface area contributed by atoms with Gasteiger partial charge < -0.3 is 20.4 Å². The molecule has 1 aliphatic carbocycles. The fraction of sp³-hybridized carbons (Fsp3) is 1.00. The second kappa shape index (κ2) is 5.04. The summed E-state index contributed by atoms with van der Waals surface area (Å²) < 4.78 is 0. The summed E-state index contributed by atoms with van der Waals surface area (Å²) in [5.74, 6) is 0. The molecule has 0 aromatic heterocycles. The number of aliphatic hydroxyl groups excluding tert-OH is 4. The molecular formula is C9H19NO4. The van der Waals surface area contributed by atoms with E-state index in [1.54, 1.807) is 0 Å². The molecule has 5 nitrogen and oxygen atoms in total. The fourth-order valence-corrected chi connectivity index (χ4v) is 1.79. The SMILES string of the molecule is OCC(CO)(CO)NC1CCCC1O. The first kappa shape index (κ1) is 11.9. The van der Waals surface area contributed by atoms with Crippen LogP contribution in [0.3, 0.4) is 0 Å². The van der Waals surface area contributed by atoms with Crippen molar-refractivity contribution in [2.45, 2.75) is 36.9 Å². The molecule has 2 unspecified atom stereocenters. The van der Waals surface area contributed by atoms with Gasteiger partial charge in [-0.25, -0.2) is 0 Å². The normalized spacial score (nSPS) is 28.3. The molecule has 0 heterocycles. The van der Waals surface area contributed by atoms with Crippen molar-refractivity contribution in [1.29, 1.82) is 0 Å². The van der Waals surface area contributed by atoms with Gasteiger partial charge in [-0.05, 0) is 19.3 Å². The van der Waals surface area contributed by atoms with Crippen molar-refractivity contribution in [3.8, 4) is 0 Å². The molecule has 0 aromatic rings. The Morgan fingerprint density at radius 2 is 1.64 bits per heavy atom. The Kier molecular flexibility index (Phi) is 4.28. The third-order valence-electron chi connectivity index (χ3n) is 2.88. The van der Waals surface area contributed by atoms with E-state index in [9.17, 15) is 5.11 Å². The maximum Gasteiger partial charge on any atom is 0.0884 e. The number of hydrogen-bond acceptors (Lipinski definition) is 5. The largest absolute Gasteiger partial charge is 0.394 e. The van der Waals surface area contributed by atoms with Crippen molar-refractivity contribution in [2.75, 3.05) is 19.8 Å². The molecule has 14 heavy (non-hydrogen) atoms. The third kappa shape index (κ3) is 2.43. The van der Waals surface area contributed by atoms with E-state index in [-0.39, 0.29) is 25.9 Å². The van der Waals surface area contributed by atoms with Crippen molar-refractivity contribution in [3.05, 3.63) is 0 Å². The molecule has 1 saturated carbocycles. The van der Waals surface area contributed by atoms with Crippen molar-refractivity contribution in [3.63, 3.8) is 0 Å². The van der Waals surface area contributed by atoms with Crippen molar-refractivity contribution in [1.82, 2.24) is 5.32 Å². The minimum atomic E-state index is -1.07. The molecule has 5 N–H and O–H groups in total. The molecule has 0 aromatic carbocycles. The van der Waals surface area contributed by atoms with Crippen LogP contribution in [0.5, 0.6) is 0 Å². The van der Waals surface area contributed by atoms with Gasteiger partial charge in [0, 0.05) is 6.04 Å². The Morgan fingerprint density at radius 3 is 2.00 bits per heavy atom. The molecule has 1 rings (SSSR count). The van der Waals surface area contributed by atoms with E-state index in [0.29, 0.717) is 0 Å². The molecule has 0 saturated heterocycles. The Bertz CT molecular complexity index is 164. The van der Waals surface area contributed by atoms with Crippen LogP contribution in [0.2, 0.25) is 0 Å². The summed E-state index contributed by atoms with van der Waals surface area (Å²) in [6.45, 7) is -1.03. The maximum absolute atomic E-state index is 9.53. The Morgan fingerprint density at radius 1 is 1.07 bits per heavy atom. The molecule has 1 fully saturated rings. The minimum absolute atomic E-state index is 0.138. The molecule has 0 radical (unpaired) electrons. The van der Waals surface area contributed by atoms with Crippen molar-refractivity contribution < 1.29 is 20.4 Å². The highest BCUT2D eigenvalue weighted by molar-refractivity contribution is 4.94. The summed E-state index contributed by atoms with van der Waals surface area (Å²) >= 11 is 0. The highest BCUT2D eigenvalue weighted by Gasteiger charge is 2.35. The second-order valence-electron chi connectivity index (χ2n) is 4.00. The second-order valence-corrected chi connectivity index (χ2v) is 4.00. The van der Waals surface area contributed by atoms with Gasteiger partial charge in [0.1, 0.15) is 0 Å². The predicted octanol–water partition coefficient (Wildman–Crippen LogP) is -1.79. The molecule has 0 amide bonds. The van der Waals surface area contributed by atoms with Gasteiger partial charge >= 0.3 is 0 Å². The first-order valence-electron chi connectivity index (χ1n) is 4.96. The summed E-state index contributed by atoms with van der Waals surface area (Å²) in [4.78, 5) is 0. The lowest BCUT2D eigenvalue weighted by Crippen LogP contribution is -2.59. The number of hydrogen-bond donors (Lipinski definition) is 5. The fourth-order valence-electron chi connectivity index (χ4n) is 1.79. The number of nitrogens with one attached hydrogen (secondary N) is 1. The predicted molar refractivity (Wildman–Crippen MR) is 50.8 cm³/mol. The highest BCUT2D eigenvalue weighted by Crippen LogP contribution is 2.21. The van der Waals surface area contributed by atoms with Gasteiger partial charge in [-0.1, -0.05) is 0 Å². The molecule has 84 valence electrons. The lowest BCUT2D eigenvalue weighted by molar-refractivity contribution is 0.0200. The quantitative estimate of drug-likeness (QED) is 0.365. The molecule has 0 spiro atoms. The van der Waals surface area contributed by atoms with Crippen LogP contribution in [0.15, 0.2) is 0 Å². The molecule has 2 atom stereocenters. The Labute approximate surface area is 83.4 Å². The molecule has 0 aliphatic heterocycles. The molecule has 0 bridgehead atoms. The molecule has 5 heteroatoms. The van der Waals surface area contributed by atoms with Gasteiger partial charge in [-0.15, -0.1) is 0 Å². The molecule has 1 aliphatic rings. The third-order valence-corrected chi connectivity index (χ3v) is 2.88. The van der Waals surface area contributed by atoms with Crippen molar-refractivity contribution >= 4 is 0 Å². The van der Waals surface area contributed by atoms with E-state index >= 15 is 0 Å². The number of aliphatic hydroxyl groups is 4. The minimum Gasteiger partial charge on any atom is -0.394 e. The molecular weight excluding hydrogens is 186 g/mol. The number of rotatable bonds is 5. The summed E-state index contributed by atoms with van der Waals surface area (Å²) in [7, 11) is 0. The summed E-state index contributed by atoms with van der Waals surface area (Å²) in [5, 5.41) is 39.6. The van der Waals surface area contributed by atoms with Gasteiger partial charge in [0.05, 0.1) is 31.5 Å². The van der Waals surface area contributed by atoms with E-state index < -0.39 is 11.6 Å². The van der Waals surface area contributed by atoms with Crippen LogP contribution in [-0.4, -0.2) is 57.9 Å².